The standard InChI is InChI=1S/C22H18ClF5N4O2S/c1-12-8-15(23)6-7-18(12)21(24,25)11-30-19(33)17-9-13(2)31-32-20(17)35(29,34)16-5-3-4-14(10-16)22(26,27)28/h3-10,29H,11H2,1-2H3,(H,30,33). The topological polar surface area (TPSA) is 95.8 Å². The Morgan fingerprint density at radius 1 is 1.06 bits per heavy atom. The smallest absolute Gasteiger partial charge is 0.346 e. The van der Waals surface area contributed by atoms with E-state index >= 15 is 0 Å². The van der Waals surface area contributed by atoms with E-state index in [0.717, 1.165) is 30.3 Å². The number of aryl methyl sites for hydroxylation is 2. The maximum atomic E-state index is 14.8. The first-order valence-electron chi connectivity index (χ1n) is 9.86. The minimum absolute atomic E-state index is 0.137. The number of amides is 1. The molecule has 6 nitrogen and oxygen atoms in total. The van der Waals surface area contributed by atoms with Gasteiger partial charge in [0.2, 0.25) is 0 Å². The summed E-state index contributed by atoms with van der Waals surface area (Å²) in [6, 6.07) is 8.03. The molecule has 2 aromatic carbocycles. The van der Waals surface area contributed by atoms with Gasteiger partial charge < -0.3 is 5.32 Å². The van der Waals surface area contributed by atoms with Crippen molar-refractivity contribution in [2.24, 2.45) is 0 Å². The molecule has 1 atom stereocenters. The minimum Gasteiger partial charge on any atom is -0.346 e. The fourth-order valence-electron chi connectivity index (χ4n) is 3.23. The molecular formula is C22H18ClF5N4O2S. The van der Waals surface area contributed by atoms with Crippen LogP contribution in [0.1, 0.15) is 32.7 Å². The maximum absolute atomic E-state index is 14.8. The van der Waals surface area contributed by atoms with E-state index in [1.807, 2.05) is 5.32 Å². The van der Waals surface area contributed by atoms with Crippen LogP contribution in [0.5, 0.6) is 0 Å². The van der Waals surface area contributed by atoms with Gasteiger partial charge in [-0.15, -0.1) is 5.10 Å². The zero-order valence-electron chi connectivity index (χ0n) is 18.2. The average molecular weight is 533 g/mol. The molecule has 35 heavy (non-hydrogen) atoms. The van der Waals surface area contributed by atoms with Crippen LogP contribution in [-0.2, 0) is 21.8 Å². The number of carbonyl (C=O) groups is 1. The number of alkyl halides is 5. The molecule has 0 fully saturated rings. The number of aromatic nitrogens is 2. The first-order valence-corrected chi connectivity index (χ1v) is 11.8. The Balaban J connectivity index is 1.96. The summed E-state index contributed by atoms with van der Waals surface area (Å²) < 4.78 is 90.4. The van der Waals surface area contributed by atoms with Crippen molar-refractivity contribution < 1.29 is 31.0 Å². The van der Waals surface area contributed by atoms with Crippen LogP contribution in [0.2, 0.25) is 5.02 Å². The molecule has 2 N–H and O–H groups in total. The number of halogens is 6. The van der Waals surface area contributed by atoms with Gasteiger partial charge in [0.1, 0.15) is 9.73 Å². The van der Waals surface area contributed by atoms with Gasteiger partial charge in [-0.1, -0.05) is 23.7 Å². The number of nitrogens with one attached hydrogen (secondary N) is 2. The molecule has 0 aliphatic heterocycles. The molecule has 1 unspecified atom stereocenters. The first-order chi connectivity index (χ1) is 16.1. The lowest BCUT2D eigenvalue weighted by molar-refractivity contribution is -0.137. The van der Waals surface area contributed by atoms with E-state index in [0.29, 0.717) is 6.07 Å². The second kappa shape index (κ2) is 9.50. The predicted molar refractivity (Wildman–Crippen MR) is 118 cm³/mol. The van der Waals surface area contributed by atoms with Gasteiger partial charge in [0.05, 0.1) is 28.3 Å². The van der Waals surface area contributed by atoms with Crippen LogP contribution in [0.15, 0.2) is 58.5 Å². The number of carbonyl (C=O) groups excluding carboxylic acids is 1. The SMILES string of the molecule is Cc1cc(C(=O)NCC(F)(F)c2ccc(Cl)cc2C)c(S(=N)(=O)c2cccc(C(F)(F)F)c2)nn1. The van der Waals surface area contributed by atoms with E-state index in [-0.39, 0.29) is 21.8 Å². The lowest BCUT2D eigenvalue weighted by Gasteiger charge is -2.20. The highest BCUT2D eigenvalue weighted by Crippen LogP contribution is 2.33. The van der Waals surface area contributed by atoms with Crippen molar-refractivity contribution in [3.8, 4) is 0 Å². The van der Waals surface area contributed by atoms with Gasteiger partial charge in [0.25, 0.3) is 11.8 Å². The van der Waals surface area contributed by atoms with Gasteiger partial charge >= 0.3 is 6.18 Å². The highest BCUT2D eigenvalue weighted by atomic mass is 35.5. The summed E-state index contributed by atoms with van der Waals surface area (Å²) in [5.41, 5.74) is -1.71. The van der Waals surface area contributed by atoms with Crippen LogP contribution in [0, 0.1) is 18.6 Å². The van der Waals surface area contributed by atoms with E-state index in [4.69, 9.17) is 16.4 Å². The fraction of sp³-hybridized carbons (Fsp3) is 0.227. The molecule has 0 saturated carbocycles. The highest BCUT2D eigenvalue weighted by molar-refractivity contribution is 7.92. The lowest BCUT2D eigenvalue weighted by Crippen LogP contribution is -2.36. The van der Waals surface area contributed by atoms with E-state index in [2.05, 4.69) is 10.2 Å². The molecule has 0 saturated heterocycles. The third kappa shape index (κ3) is 5.76. The van der Waals surface area contributed by atoms with E-state index in [9.17, 15) is 31.0 Å². The van der Waals surface area contributed by atoms with Crippen LogP contribution in [-0.4, -0.2) is 26.9 Å². The molecule has 0 radical (unpaired) electrons. The lowest BCUT2D eigenvalue weighted by atomic mass is 10.0. The molecule has 0 aliphatic rings. The van der Waals surface area contributed by atoms with Gasteiger partial charge in [-0.05, 0) is 55.8 Å². The maximum Gasteiger partial charge on any atom is 0.416 e. The quantitative estimate of drug-likeness (QED) is 0.395. The second-order valence-corrected chi connectivity index (χ2v) is 10.0. The van der Waals surface area contributed by atoms with Crippen molar-refractivity contribution in [3.05, 3.63) is 81.5 Å². The molecule has 3 rings (SSSR count). The van der Waals surface area contributed by atoms with Gasteiger partial charge in [0.15, 0.2) is 5.03 Å². The molecule has 186 valence electrons. The summed E-state index contributed by atoms with van der Waals surface area (Å²) in [5, 5.41) is 8.80. The van der Waals surface area contributed by atoms with E-state index < -0.39 is 55.3 Å². The van der Waals surface area contributed by atoms with Crippen LogP contribution >= 0.6 is 11.6 Å². The molecule has 0 spiro atoms. The molecular weight excluding hydrogens is 515 g/mol. The summed E-state index contributed by atoms with van der Waals surface area (Å²) in [6.45, 7) is 1.68. The number of benzene rings is 2. The largest absolute Gasteiger partial charge is 0.416 e. The molecule has 0 bridgehead atoms. The first kappa shape index (κ1) is 26.5. The van der Waals surface area contributed by atoms with Crippen LogP contribution in [0.4, 0.5) is 22.0 Å². The van der Waals surface area contributed by atoms with Crippen molar-refractivity contribution in [1.29, 1.82) is 4.78 Å². The zero-order valence-corrected chi connectivity index (χ0v) is 19.8. The third-order valence-corrected chi connectivity index (χ3v) is 6.94. The number of hydrogen-bond donors (Lipinski definition) is 2. The molecule has 0 aliphatic carbocycles. The van der Waals surface area contributed by atoms with Crippen molar-refractivity contribution in [1.82, 2.24) is 15.5 Å². The Kier molecular flexibility index (Phi) is 7.19. The van der Waals surface area contributed by atoms with Crippen molar-refractivity contribution >= 4 is 27.2 Å². The second-order valence-electron chi connectivity index (χ2n) is 7.63. The number of nitrogens with zero attached hydrogens (tertiary/aromatic N) is 2. The highest BCUT2D eigenvalue weighted by Gasteiger charge is 2.35. The van der Waals surface area contributed by atoms with Crippen molar-refractivity contribution in [2.45, 2.75) is 35.9 Å². The summed E-state index contributed by atoms with van der Waals surface area (Å²) >= 11 is 5.80. The van der Waals surface area contributed by atoms with Gasteiger partial charge in [-0.25, -0.2) is 8.99 Å². The minimum atomic E-state index is -4.77. The Morgan fingerprint density at radius 3 is 2.37 bits per heavy atom. The van der Waals surface area contributed by atoms with Crippen LogP contribution in [0.3, 0.4) is 0 Å². The Hall–Kier alpha value is -3.12. The van der Waals surface area contributed by atoms with Gasteiger partial charge in [-0.3, -0.25) is 4.79 Å². The fourth-order valence-corrected chi connectivity index (χ4v) is 4.86. The van der Waals surface area contributed by atoms with Crippen molar-refractivity contribution in [3.63, 3.8) is 0 Å². The molecule has 13 heteroatoms. The zero-order chi connectivity index (χ0) is 26.2. The summed E-state index contributed by atoms with van der Waals surface area (Å²) in [6.07, 6.45) is -4.77. The monoisotopic (exact) mass is 532 g/mol. The Labute approximate surface area is 202 Å². The molecule has 3 aromatic rings. The summed E-state index contributed by atoms with van der Waals surface area (Å²) in [4.78, 5) is 12.2. The normalized spacial score (nSPS) is 13.8. The van der Waals surface area contributed by atoms with Gasteiger partial charge in [-0.2, -0.15) is 27.1 Å². The molecule has 1 heterocycles. The van der Waals surface area contributed by atoms with E-state index in [1.165, 1.54) is 26.0 Å². The predicted octanol–water partition coefficient (Wildman–Crippen LogP) is 5.75. The summed E-state index contributed by atoms with van der Waals surface area (Å²) in [7, 11) is -4.27. The number of hydrogen-bond acceptors (Lipinski definition) is 5. The summed E-state index contributed by atoms with van der Waals surface area (Å²) in [5.74, 6) is -4.65. The Bertz CT molecular complexity index is 1390. The number of rotatable bonds is 6. The molecule has 1 aromatic heterocycles. The van der Waals surface area contributed by atoms with E-state index in [1.54, 1.807) is 0 Å². The van der Waals surface area contributed by atoms with Crippen LogP contribution < -0.4 is 5.32 Å². The molecule has 1 amide bonds. The van der Waals surface area contributed by atoms with Gasteiger partial charge in [0, 0.05) is 10.6 Å². The third-order valence-electron chi connectivity index (χ3n) is 4.95. The average Bonchev–Trinajstić information content (AvgIpc) is 2.76. The van der Waals surface area contributed by atoms with Crippen LogP contribution in [0.25, 0.3) is 0 Å². The Morgan fingerprint density at radius 2 is 1.74 bits per heavy atom. The van der Waals surface area contributed by atoms with Crippen molar-refractivity contribution in [2.75, 3.05) is 6.54 Å².